The highest BCUT2D eigenvalue weighted by atomic mass is 16.5. The number of carbonyl (C=O) groups excluding carboxylic acids is 1. The normalized spacial score (nSPS) is 13.0. The van der Waals surface area contributed by atoms with Gasteiger partial charge in [0, 0.05) is 23.4 Å². The first-order valence-electron chi connectivity index (χ1n) is 8.44. The third kappa shape index (κ3) is 4.19. The Labute approximate surface area is 155 Å². The summed E-state index contributed by atoms with van der Waals surface area (Å²) in [7, 11) is 0. The number of hydrogen-bond donors (Lipinski definition) is 2. The van der Waals surface area contributed by atoms with E-state index in [1.807, 2.05) is 48.5 Å². The lowest BCUT2D eigenvalue weighted by Gasteiger charge is -2.17. The predicted molar refractivity (Wildman–Crippen MR) is 98.3 cm³/mol. The third-order valence-corrected chi connectivity index (χ3v) is 4.45. The number of alkyl carbamates (subject to hydrolysis) is 1. The van der Waals surface area contributed by atoms with E-state index in [-0.39, 0.29) is 25.5 Å². The number of carbonyl (C=O) groups is 2. The molecule has 8 heteroatoms. The molecule has 0 saturated carbocycles. The van der Waals surface area contributed by atoms with E-state index in [1.54, 1.807) is 0 Å². The molecule has 0 heterocycles. The van der Waals surface area contributed by atoms with E-state index in [1.165, 1.54) is 0 Å². The van der Waals surface area contributed by atoms with Crippen LogP contribution in [0.15, 0.2) is 53.6 Å². The van der Waals surface area contributed by atoms with Crippen LogP contribution in [0.1, 0.15) is 23.5 Å². The fourth-order valence-electron chi connectivity index (χ4n) is 3.31. The van der Waals surface area contributed by atoms with Crippen molar-refractivity contribution in [1.82, 2.24) is 5.32 Å². The third-order valence-electron chi connectivity index (χ3n) is 4.45. The van der Waals surface area contributed by atoms with Crippen molar-refractivity contribution in [2.75, 3.05) is 13.2 Å². The van der Waals surface area contributed by atoms with E-state index < -0.39 is 18.1 Å². The maximum atomic E-state index is 12.1. The average Bonchev–Trinajstić information content (AvgIpc) is 2.98. The number of nitrogens with zero attached hydrogens (tertiary/aromatic N) is 3. The summed E-state index contributed by atoms with van der Waals surface area (Å²) >= 11 is 0. The van der Waals surface area contributed by atoms with Gasteiger partial charge in [0.25, 0.3) is 0 Å². The molecule has 0 fully saturated rings. The molecule has 1 aliphatic rings. The fourth-order valence-corrected chi connectivity index (χ4v) is 3.31. The van der Waals surface area contributed by atoms with Gasteiger partial charge in [-0.05, 0) is 27.8 Å². The Kier molecular flexibility index (Phi) is 5.58. The molecule has 0 saturated heterocycles. The lowest BCUT2D eigenvalue weighted by atomic mass is 9.98. The number of aliphatic carboxylic acids is 1. The molecule has 27 heavy (non-hydrogen) atoms. The Bertz CT molecular complexity index is 859. The average molecular weight is 366 g/mol. The molecule has 138 valence electrons. The smallest absolute Gasteiger partial charge is 0.407 e. The van der Waals surface area contributed by atoms with Crippen LogP contribution in [0.3, 0.4) is 0 Å². The molecular formula is C19H18N4O4. The molecular weight excluding hydrogens is 348 g/mol. The quantitative estimate of drug-likeness (QED) is 0.440. The molecule has 1 amide bonds. The van der Waals surface area contributed by atoms with Gasteiger partial charge in [-0.2, -0.15) is 0 Å². The highest BCUT2D eigenvalue weighted by Gasteiger charge is 2.29. The van der Waals surface area contributed by atoms with Crippen LogP contribution in [-0.4, -0.2) is 36.4 Å². The Morgan fingerprint density at radius 2 is 1.74 bits per heavy atom. The van der Waals surface area contributed by atoms with E-state index in [9.17, 15) is 9.59 Å². The fraction of sp³-hybridized carbons (Fsp3) is 0.263. The zero-order chi connectivity index (χ0) is 19.2. The Hall–Kier alpha value is -3.51. The number of carboxylic acids is 1. The van der Waals surface area contributed by atoms with E-state index in [0.29, 0.717) is 0 Å². The minimum Gasteiger partial charge on any atom is -0.481 e. The molecule has 0 aromatic heterocycles. The molecule has 2 aromatic carbocycles. The number of nitrogens with one attached hydrogen (secondary N) is 1. The number of azide groups is 1. The summed E-state index contributed by atoms with van der Waals surface area (Å²) in [5.74, 6) is -1.19. The highest BCUT2D eigenvalue weighted by Crippen LogP contribution is 2.44. The van der Waals surface area contributed by atoms with Crippen molar-refractivity contribution in [1.29, 1.82) is 0 Å². The van der Waals surface area contributed by atoms with Crippen LogP contribution in [0.4, 0.5) is 4.79 Å². The van der Waals surface area contributed by atoms with Gasteiger partial charge in [-0.3, -0.25) is 4.79 Å². The second-order valence-corrected chi connectivity index (χ2v) is 6.18. The summed E-state index contributed by atoms with van der Waals surface area (Å²) in [6.45, 7) is -0.0336. The minimum atomic E-state index is -1.10. The number of carboxylic acid groups (broad SMARTS) is 1. The summed E-state index contributed by atoms with van der Waals surface area (Å²) in [5, 5.41) is 14.7. The maximum Gasteiger partial charge on any atom is 0.407 e. The summed E-state index contributed by atoms with van der Waals surface area (Å²) in [6.07, 6.45) is -1.10. The van der Waals surface area contributed by atoms with E-state index in [2.05, 4.69) is 15.3 Å². The van der Waals surface area contributed by atoms with E-state index >= 15 is 0 Å². The summed E-state index contributed by atoms with van der Waals surface area (Å²) < 4.78 is 5.35. The van der Waals surface area contributed by atoms with Crippen LogP contribution in [-0.2, 0) is 9.53 Å². The number of hydrogen-bond acceptors (Lipinski definition) is 4. The first kappa shape index (κ1) is 18.3. The van der Waals surface area contributed by atoms with Crippen LogP contribution in [0.2, 0.25) is 0 Å². The van der Waals surface area contributed by atoms with Gasteiger partial charge in [0.05, 0.1) is 6.42 Å². The lowest BCUT2D eigenvalue weighted by molar-refractivity contribution is -0.137. The van der Waals surface area contributed by atoms with Crippen molar-refractivity contribution in [3.8, 4) is 11.1 Å². The molecule has 0 aliphatic heterocycles. The predicted octanol–water partition coefficient (Wildman–Crippen LogP) is 3.68. The van der Waals surface area contributed by atoms with Gasteiger partial charge in [-0.15, -0.1) is 0 Å². The van der Waals surface area contributed by atoms with Crippen molar-refractivity contribution in [2.45, 2.75) is 18.4 Å². The largest absolute Gasteiger partial charge is 0.481 e. The monoisotopic (exact) mass is 366 g/mol. The number of ether oxygens (including phenoxy) is 1. The SMILES string of the molecule is [N-]=[N+]=NCC(CC(=O)O)NC(=O)OCC1c2ccccc2-c2ccccc21. The van der Waals surface area contributed by atoms with Gasteiger partial charge in [0.2, 0.25) is 0 Å². The van der Waals surface area contributed by atoms with Crippen LogP contribution < -0.4 is 5.32 Å². The van der Waals surface area contributed by atoms with Gasteiger partial charge in [0.15, 0.2) is 0 Å². The molecule has 1 atom stereocenters. The van der Waals surface area contributed by atoms with Crippen molar-refractivity contribution >= 4 is 12.1 Å². The standard InChI is InChI=1S/C19H18N4O4/c20-23-21-10-12(9-18(24)25)22-19(26)27-11-17-15-7-3-1-5-13(15)14-6-2-4-8-16(14)17/h1-8,12,17H,9-11H2,(H,22,26)(H,24,25). The van der Waals surface area contributed by atoms with Crippen LogP contribution in [0.25, 0.3) is 21.6 Å². The van der Waals surface area contributed by atoms with Crippen LogP contribution in [0, 0.1) is 0 Å². The minimum absolute atomic E-state index is 0.0850. The molecule has 1 aliphatic carbocycles. The van der Waals surface area contributed by atoms with Gasteiger partial charge < -0.3 is 15.2 Å². The summed E-state index contributed by atoms with van der Waals surface area (Å²) in [5.41, 5.74) is 12.8. The molecule has 2 N–H and O–H groups in total. The number of benzene rings is 2. The van der Waals surface area contributed by atoms with Gasteiger partial charge in [-0.1, -0.05) is 53.6 Å². The molecule has 2 aromatic rings. The van der Waals surface area contributed by atoms with Gasteiger partial charge in [-0.25, -0.2) is 4.79 Å². The molecule has 3 rings (SSSR count). The topological polar surface area (TPSA) is 124 Å². The van der Waals surface area contributed by atoms with Crippen LogP contribution in [0.5, 0.6) is 0 Å². The first-order valence-corrected chi connectivity index (χ1v) is 8.44. The van der Waals surface area contributed by atoms with Crippen molar-refractivity contribution < 1.29 is 19.4 Å². The second-order valence-electron chi connectivity index (χ2n) is 6.18. The van der Waals surface area contributed by atoms with Crippen molar-refractivity contribution in [3.05, 3.63) is 70.1 Å². The second kappa shape index (κ2) is 8.25. The highest BCUT2D eigenvalue weighted by molar-refractivity contribution is 5.79. The Morgan fingerprint density at radius 3 is 2.30 bits per heavy atom. The van der Waals surface area contributed by atoms with Crippen molar-refractivity contribution in [2.24, 2.45) is 5.11 Å². The van der Waals surface area contributed by atoms with Crippen LogP contribution >= 0.6 is 0 Å². The van der Waals surface area contributed by atoms with Crippen molar-refractivity contribution in [3.63, 3.8) is 0 Å². The lowest BCUT2D eigenvalue weighted by Crippen LogP contribution is -2.39. The summed E-state index contributed by atoms with van der Waals surface area (Å²) in [6, 6.07) is 15.1. The number of rotatable bonds is 7. The zero-order valence-electron chi connectivity index (χ0n) is 14.4. The first-order chi connectivity index (χ1) is 13.1. The van der Waals surface area contributed by atoms with Gasteiger partial charge >= 0.3 is 12.1 Å². The van der Waals surface area contributed by atoms with Gasteiger partial charge in [0.1, 0.15) is 6.61 Å². The maximum absolute atomic E-state index is 12.1. The molecule has 0 spiro atoms. The number of amides is 1. The number of fused-ring (bicyclic) bond motifs is 3. The Morgan fingerprint density at radius 1 is 1.15 bits per heavy atom. The molecule has 0 radical (unpaired) electrons. The molecule has 0 bridgehead atoms. The van der Waals surface area contributed by atoms with E-state index in [4.69, 9.17) is 15.4 Å². The van der Waals surface area contributed by atoms with E-state index in [0.717, 1.165) is 22.3 Å². The zero-order valence-corrected chi connectivity index (χ0v) is 14.4. The molecule has 1 unspecified atom stereocenters. The Balaban J connectivity index is 1.68. The molecule has 8 nitrogen and oxygen atoms in total. The summed E-state index contributed by atoms with van der Waals surface area (Å²) in [4.78, 5) is 25.6.